The Morgan fingerprint density at radius 2 is 1.09 bits per heavy atom. The van der Waals surface area contributed by atoms with E-state index in [9.17, 15) is 46.1 Å². The van der Waals surface area contributed by atoms with Crippen LogP contribution < -0.4 is 25.0 Å². The first kappa shape index (κ1) is 59.8. The van der Waals surface area contributed by atoms with Gasteiger partial charge in [-0.1, -0.05) is 103 Å². The molecule has 0 heterocycles. The number of hydrogen-bond acceptors (Lipinski definition) is 15. The van der Waals surface area contributed by atoms with Crippen molar-refractivity contribution in [1.82, 2.24) is 0 Å². The summed E-state index contributed by atoms with van der Waals surface area (Å²) in [5.74, 6) is -1.47. The molecule has 0 radical (unpaired) electrons. The summed E-state index contributed by atoms with van der Waals surface area (Å²) in [7, 11) is -9.41. The van der Waals surface area contributed by atoms with Crippen molar-refractivity contribution in [1.29, 1.82) is 0 Å². The number of hydrogen-bond donors (Lipinski definition) is 4. The number of benzene rings is 8. The molecule has 0 aromatic heterocycles. The van der Waals surface area contributed by atoms with Crippen LogP contribution in [-0.4, -0.2) is 105 Å². The van der Waals surface area contributed by atoms with Crippen LogP contribution in [0.3, 0.4) is 0 Å². The van der Waals surface area contributed by atoms with Gasteiger partial charge in [0.2, 0.25) is 0 Å². The number of halogens is 2. The number of carbonyl (C=O) groups excluding carboxylic acids is 1. The molecule has 0 aliphatic heterocycles. The minimum absolute atomic E-state index is 0. The first-order valence-corrected chi connectivity index (χ1v) is 26.8. The number of ether oxygens (including phenoxy) is 2. The van der Waals surface area contributed by atoms with E-state index in [1.165, 1.54) is 36.4 Å². The van der Waals surface area contributed by atoms with E-state index in [1.807, 2.05) is 13.8 Å². The van der Waals surface area contributed by atoms with Crippen molar-refractivity contribution in [2.45, 2.75) is 50.3 Å². The maximum atomic E-state index is 13.4. The molecule has 77 heavy (non-hydrogen) atoms. The van der Waals surface area contributed by atoms with E-state index < -0.39 is 53.3 Å². The van der Waals surface area contributed by atoms with E-state index >= 15 is 0 Å². The largest absolute Gasteiger partial charge is 2.00 e. The summed E-state index contributed by atoms with van der Waals surface area (Å²) in [6.45, 7) is 7.93. The zero-order chi connectivity index (χ0) is 54.9. The summed E-state index contributed by atoms with van der Waals surface area (Å²) in [5.41, 5.74) is 0.206. The Morgan fingerprint density at radius 1 is 0.610 bits per heavy atom. The Bertz CT molecular complexity index is 3860. The van der Waals surface area contributed by atoms with Crippen molar-refractivity contribution in [3.8, 4) is 23.0 Å². The number of fused-ring (bicyclic) bond motifs is 2. The molecular formula is C54H46BaCl2N6O12S2. The Morgan fingerprint density at radius 3 is 1.61 bits per heavy atom. The zero-order valence-corrected chi connectivity index (χ0v) is 49.1. The second kappa shape index (κ2) is 26.3. The standard InChI is InChI=1S/2C27H24ClN3O6S.Ba/c2*1-3-19-22(28)12-13-23(26(19)38(34,35)36)30-31-24-20-11-6-5-8-16(20)14-21(25(24)32)27(33)29-17-9-7-10-18(15-17)37-4-2;/h2*5-15,32H,3-4H2,1-2H3,(H,29,33)(H,34,35,36);/q;;+2/p-2. The number of rotatable bonds is 16. The van der Waals surface area contributed by atoms with Crippen LogP contribution in [0, 0.1) is 0 Å². The second-order valence-electron chi connectivity index (χ2n) is 16.2. The van der Waals surface area contributed by atoms with Gasteiger partial charge in [0.05, 0.1) is 30.2 Å². The summed E-state index contributed by atoms with van der Waals surface area (Å²) < 4.78 is 79.1. The summed E-state index contributed by atoms with van der Waals surface area (Å²) in [4.78, 5) is 16.3. The SMILES string of the molecule is CCOc1cccc(N=C([O-])c2cc3ccccc3c(N=Nc3ccc(Cl)c(CC)c3S(=O)(=O)O)c2[O-])c1.CCOc1cccc(NC(=O)c2cc3ccccc3c(N=Nc3ccc(Cl)c(CC)c3S(=O)(=O)O)c2O)c1.[Ba+2]. The van der Waals surface area contributed by atoms with Gasteiger partial charge in [0.15, 0.2) is 5.75 Å². The molecule has 0 saturated carbocycles. The maximum absolute atomic E-state index is 13.4. The fourth-order valence-electron chi connectivity index (χ4n) is 7.96. The average molecular weight is 1240 g/mol. The predicted octanol–water partition coefficient (Wildman–Crippen LogP) is 12.3. The van der Waals surface area contributed by atoms with Crippen LogP contribution in [0.25, 0.3) is 21.5 Å². The van der Waals surface area contributed by atoms with Gasteiger partial charge in [0.25, 0.3) is 26.1 Å². The molecule has 18 nitrogen and oxygen atoms in total. The van der Waals surface area contributed by atoms with Gasteiger partial charge < -0.3 is 30.1 Å². The van der Waals surface area contributed by atoms with Crippen LogP contribution in [0.4, 0.5) is 34.1 Å². The van der Waals surface area contributed by atoms with E-state index in [0.717, 1.165) is 0 Å². The van der Waals surface area contributed by atoms with Crippen molar-refractivity contribution in [2.24, 2.45) is 25.4 Å². The molecule has 1 amide bonds. The fraction of sp³-hybridized carbons (Fsp3) is 0.148. The van der Waals surface area contributed by atoms with Crippen molar-refractivity contribution < 1.29 is 55.5 Å². The molecule has 0 fully saturated rings. The number of nitrogens with one attached hydrogen (secondary N) is 1. The van der Waals surface area contributed by atoms with Crippen molar-refractivity contribution in [3.05, 3.63) is 166 Å². The molecule has 8 rings (SSSR count). The summed E-state index contributed by atoms with van der Waals surface area (Å²) in [6.07, 6.45) is 0.411. The predicted molar refractivity (Wildman–Crippen MR) is 294 cm³/mol. The van der Waals surface area contributed by atoms with Gasteiger partial charge in [-0.25, -0.2) is 0 Å². The van der Waals surface area contributed by atoms with E-state index in [-0.39, 0.29) is 117 Å². The van der Waals surface area contributed by atoms with E-state index in [2.05, 4.69) is 30.8 Å². The van der Waals surface area contributed by atoms with Gasteiger partial charge in [-0.2, -0.15) is 21.9 Å². The van der Waals surface area contributed by atoms with Gasteiger partial charge in [-0.15, -0.1) is 15.3 Å². The summed E-state index contributed by atoms with van der Waals surface area (Å²) in [6, 6.07) is 35.4. The molecule has 0 atom stereocenters. The van der Waals surface area contributed by atoms with Crippen LogP contribution in [0.15, 0.2) is 169 Å². The molecular weight excluding hydrogens is 1200 g/mol. The summed E-state index contributed by atoms with van der Waals surface area (Å²) >= 11 is 12.3. The third-order valence-corrected chi connectivity index (χ3v) is 14.0. The Balaban J connectivity index is 0.000000246. The number of phenolic OH excluding ortho intramolecular Hbond substituents is 1. The van der Waals surface area contributed by atoms with Gasteiger partial charge in [-0.3, -0.25) is 18.9 Å². The number of aliphatic imine (C=N–C) groups is 1. The molecule has 8 aromatic carbocycles. The first-order chi connectivity index (χ1) is 36.3. The molecule has 0 aliphatic rings. The smallest absolute Gasteiger partial charge is 0.871 e. The molecule has 0 spiro atoms. The van der Waals surface area contributed by atoms with Gasteiger partial charge in [0.1, 0.15) is 38.4 Å². The van der Waals surface area contributed by atoms with Crippen LogP contribution in [0.2, 0.25) is 10.0 Å². The third-order valence-electron chi connectivity index (χ3n) is 11.3. The molecule has 0 unspecified atom stereocenters. The van der Waals surface area contributed by atoms with E-state index in [0.29, 0.717) is 57.6 Å². The number of carbonyl (C=O) groups is 1. The van der Waals surface area contributed by atoms with Gasteiger partial charge >= 0.3 is 48.9 Å². The Hall–Kier alpha value is -6.41. The minimum atomic E-state index is -4.72. The van der Waals surface area contributed by atoms with Gasteiger partial charge in [0, 0.05) is 38.6 Å². The van der Waals surface area contributed by atoms with Crippen LogP contribution >= 0.6 is 23.2 Å². The molecule has 392 valence electrons. The molecule has 8 aromatic rings. The Kier molecular flexibility index (Phi) is 20.4. The molecule has 4 N–H and O–H groups in total. The quantitative estimate of drug-likeness (QED) is 0.0231. The fourth-order valence-corrected chi connectivity index (χ4v) is 10.5. The van der Waals surface area contributed by atoms with Crippen molar-refractivity contribution in [3.63, 3.8) is 0 Å². The number of anilines is 1. The maximum Gasteiger partial charge on any atom is 2.00 e. The molecule has 23 heteroatoms. The molecule has 0 aliphatic carbocycles. The number of nitrogens with zero attached hydrogens (tertiary/aromatic N) is 5. The van der Waals surface area contributed by atoms with Crippen LogP contribution in [0.1, 0.15) is 54.7 Å². The number of azo groups is 2. The number of aromatic hydroxyl groups is 1. The van der Waals surface area contributed by atoms with Crippen molar-refractivity contribution >= 4 is 160 Å². The number of phenols is 1. The minimum Gasteiger partial charge on any atom is -0.871 e. The zero-order valence-electron chi connectivity index (χ0n) is 41.6. The van der Waals surface area contributed by atoms with Crippen LogP contribution in [0.5, 0.6) is 23.0 Å². The van der Waals surface area contributed by atoms with Gasteiger partial charge in [-0.05, 0) is 121 Å². The first-order valence-electron chi connectivity index (χ1n) is 23.2. The van der Waals surface area contributed by atoms with Crippen LogP contribution in [-0.2, 0) is 33.1 Å². The third kappa shape index (κ3) is 14.2. The topological polar surface area (TPSA) is 284 Å². The molecule has 0 bridgehead atoms. The van der Waals surface area contributed by atoms with E-state index in [4.69, 9.17) is 32.7 Å². The summed E-state index contributed by atoms with van der Waals surface area (Å²) in [5, 5.41) is 58.8. The number of amides is 1. The van der Waals surface area contributed by atoms with E-state index in [1.54, 1.807) is 111 Å². The second-order valence-corrected chi connectivity index (χ2v) is 19.8. The normalized spacial score (nSPS) is 11.9. The monoisotopic (exact) mass is 1240 g/mol. The molecule has 0 saturated heterocycles. The average Bonchev–Trinajstić information content (AvgIpc) is 3.39. The van der Waals surface area contributed by atoms with Crippen molar-refractivity contribution in [2.75, 3.05) is 18.5 Å². The Labute approximate surface area is 493 Å².